The van der Waals surface area contributed by atoms with Crippen LogP contribution in [0.5, 0.6) is 5.75 Å². The Bertz CT molecular complexity index is 730. The van der Waals surface area contributed by atoms with Gasteiger partial charge in [0.1, 0.15) is 23.0 Å². The summed E-state index contributed by atoms with van der Waals surface area (Å²) in [7, 11) is 3.50. The number of amides is 1. The molecule has 0 aliphatic heterocycles. The van der Waals surface area contributed by atoms with Crippen molar-refractivity contribution in [1.82, 2.24) is 14.9 Å². The Kier molecular flexibility index (Phi) is 4.57. The summed E-state index contributed by atoms with van der Waals surface area (Å²) < 4.78 is 5.92. The maximum Gasteiger partial charge on any atom is 0.266 e. The van der Waals surface area contributed by atoms with E-state index in [2.05, 4.69) is 15.3 Å². The highest BCUT2D eigenvalue weighted by Crippen LogP contribution is 2.41. The van der Waals surface area contributed by atoms with Gasteiger partial charge in [0.05, 0.1) is 0 Å². The van der Waals surface area contributed by atoms with Crippen molar-refractivity contribution in [3.8, 4) is 5.75 Å². The van der Waals surface area contributed by atoms with E-state index >= 15 is 0 Å². The first-order chi connectivity index (χ1) is 11.5. The molecule has 126 valence electrons. The third-order valence-electron chi connectivity index (χ3n) is 3.84. The van der Waals surface area contributed by atoms with Gasteiger partial charge in [0.15, 0.2) is 5.60 Å². The number of hydrogen-bond donors (Lipinski definition) is 1. The minimum atomic E-state index is -0.666. The molecular formula is C17H19ClN4O2. The van der Waals surface area contributed by atoms with Gasteiger partial charge in [-0.2, -0.15) is 0 Å². The molecule has 3 rings (SSSR count). The van der Waals surface area contributed by atoms with Gasteiger partial charge in [0, 0.05) is 39.5 Å². The number of nitrogens with one attached hydrogen (secondary N) is 1. The monoisotopic (exact) mass is 346 g/mol. The van der Waals surface area contributed by atoms with Gasteiger partial charge >= 0.3 is 0 Å². The van der Waals surface area contributed by atoms with Crippen molar-refractivity contribution >= 4 is 23.3 Å². The number of carbonyl (C=O) groups excluding carboxylic acids is 1. The first kappa shape index (κ1) is 16.5. The third-order valence-corrected chi connectivity index (χ3v) is 4.05. The van der Waals surface area contributed by atoms with Gasteiger partial charge in [-0.25, -0.2) is 9.97 Å². The molecule has 2 aromatic rings. The third kappa shape index (κ3) is 3.76. The molecule has 7 heteroatoms. The summed E-state index contributed by atoms with van der Waals surface area (Å²) in [6, 6.07) is 9.35. The predicted molar refractivity (Wildman–Crippen MR) is 92.1 cm³/mol. The summed E-state index contributed by atoms with van der Waals surface area (Å²) in [6.45, 7) is 0.607. The summed E-state index contributed by atoms with van der Waals surface area (Å²) >= 11 is 5.82. The zero-order chi connectivity index (χ0) is 17.2. The molecule has 0 bridgehead atoms. The lowest BCUT2D eigenvalue weighted by Gasteiger charge is -2.21. The molecule has 1 heterocycles. The summed E-state index contributed by atoms with van der Waals surface area (Å²) in [4.78, 5) is 21.7. The first-order valence-electron chi connectivity index (χ1n) is 7.70. The largest absolute Gasteiger partial charge is 0.477 e. The van der Waals surface area contributed by atoms with Crippen molar-refractivity contribution in [1.29, 1.82) is 0 Å². The fraction of sp³-hybridized carbons (Fsp3) is 0.353. The molecule has 1 aromatic heterocycles. The van der Waals surface area contributed by atoms with E-state index in [-0.39, 0.29) is 5.91 Å². The molecule has 1 aliphatic carbocycles. The smallest absolute Gasteiger partial charge is 0.266 e. The summed E-state index contributed by atoms with van der Waals surface area (Å²) in [5, 5.41) is 3.58. The van der Waals surface area contributed by atoms with Crippen molar-refractivity contribution in [2.45, 2.75) is 25.0 Å². The van der Waals surface area contributed by atoms with Crippen molar-refractivity contribution in [2.75, 3.05) is 19.4 Å². The van der Waals surface area contributed by atoms with Gasteiger partial charge in [-0.3, -0.25) is 4.79 Å². The first-order valence-corrected chi connectivity index (χ1v) is 8.07. The molecule has 6 nitrogen and oxygen atoms in total. The van der Waals surface area contributed by atoms with E-state index in [1.165, 1.54) is 6.33 Å². The highest BCUT2D eigenvalue weighted by molar-refractivity contribution is 6.29. The number of aromatic nitrogens is 2. The molecule has 1 fully saturated rings. The Morgan fingerprint density at radius 2 is 2.00 bits per heavy atom. The van der Waals surface area contributed by atoms with Crippen LogP contribution in [-0.2, 0) is 11.3 Å². The van der Waals surface area contributed by atoms with Gasteiger partial charge in [0.2, 0.25) is 0 Å². The van der Waals surface area contributed by atoms with Crippen molar-refractivity contribution < 1.29 is 9.53 Å². The van der Waals surface area contributed by atoms with E-state index in [9.17, 15) is 4.79 Å². The van der Waals surface area contributed by atoms with Gasteiger partial charge < -0.3 is 15.0 Å². The molecule has 1 amide bonds. The Morgan fingerprint density at radius 3 is 2.58 bits per heavy atom. The van der Waals surface area contributed by atoms with Crippen LogP contribution >= 0.6 is 11.6 Å². The number of anilines is 1. The molecule has 0 saturated heterocycles. The Balaban J connectivity index is 1.59. The topological polar surface area (TPSA) is 67.3 Å². The molecule has 1 aromatic carbocycles. The van der Waals surface area contributed by atoms with Crippen LogP contribution in [0.3, 0.4) is 0 Å². The van der Waals surface area contributed by atoms with Crippen LogP contribution in [0, 0.1) is 0 Å². The number of benzene rings is 1. The Hall–Kier alpha value is -2.34. The summed E-state index contributed by atoms with van der Waals surface area (Å²) in [5.74, 6) is 1.40. The average molecular weight is 347 g/mol. The SMILES string of the molecule is CN(C)C(=O)C1(Oc2ccc(CNc3cc(Cl)ncn3)cc2)CC1. The Labute approximate surface area is 145 Å². The van der Waals surface area contributed by atoms with Gasteiger partial charge in [0.25, 0.3) is 5.91 Å². The zero-order valence-corrected chi connectivity index (χ0v) is 14.4. The van der Waals surface area contributed by atoms with Crippen LogP contribution in [0.15, 0.2) is 36.7 Å². The number of halogens is 1. The normalized spacial score (nSPS) is 14.8. The maximum absolute atomic E-state index is 12.2. The minimum absolute atomic E-state index is 0.0221. The van der Waals surface area contributed by atoms with Crippen LogP contribution in [0.25, 0.3) is 0 Å². The van der Waals surface area contributed by atoms with E-state index in [1.807, 2.05) is 24.3 Å². The van der Waals surface area contributed by atoms with E-state index in [0.717, 1.165) is 18.4 Å². The van der Waals surface area contributed by atoms with Crippen molar-refractivity contribution in [2.24, 2.45) is 0 Å². The van der Waals surface area contributed by atoms with Gasteiger partial charge in [-0.05, 0) is 17.7 Å². The van der Waals surface area contributed by atoms with E-state index in [1.54, 1.807) is 25.1 Å². The molecule has 0 atom stereocenters. The highest BCUT2D eigenvalue weighted by Gasteiger charge is 2.53. The van der Waals surface area contributed by atoms with Crippen molar-refractivity contribution in [3.05, 3.63) is 47.4 Å². The second-order valence-electron chi connectivity index (χ2n) is 6.02. The number of hydrogen-bond acceptors (Lipinski definition) is 5. The second-order valence-corrected chi connectivity index (χ2v) is 6.41. The number of rotatable bonds is 6. The molecular weight excluding hydrogens is 328 g/mol. The molecule has 24 heavy (non-hydrogen) atoms. The number of likely N-dealkylation sites (N-methyl/N-ethyl adjacent to an activating group) is 1. The van der Waals surface area contributed by atoms with Crippen LogP contribution < -0.4 is 10.1 Å². The van der Waals surface area contributed by atoms with Crippen LogP contribution in [0.1, 0.15) is 18.4 Å². The van der Waals surface area contributed by atoms with Crippen LogP contribution in [0.4, 0.5) is 5.82 Å². The standard InChI is InChI=1S/C17H19ClN4O2/c1-22(2)16(23)17(7-8-17)24-13-5-3-12(4-6-13)10-19-15-9-14(18)20-11-21-15/h3-6,9,11H,7-8,10H2,1-2H3,(H,19,20,21). The van der Waals surface area contributed by atoms with Crippen LogP contribution in [0.2, 0.25) is 5.15 Å². The minimum Gasteiger partial charge on any atom is -0.477 e. The zero-order valence-electron chi connectivity index (χ0n) is 13.6. The van der Waals surface area contributed by atoms with E-state index < -0.39 is 5.60 Å². The summed E-state index contributed by atoms with van der Waals surface area (Å²) in [5.41, 5.74) is 0.405. The predicted octanol–water partition coefficient (Wildman–Crippen LogP) is 2.74. The van der Waals surface area contributed by atoms with Crippen molar-refractivity contribution in [3.63, 3.8) is 0 Å². The molecule has 1 aliphatic rings. The van der Waals surface area contributed by atoms with Crippen LogP contribution in [-0.4, -0.2) is 40.5 Å². The fourth-order valence-corrected chi connectivity index (χ4v) is 2.55. The lowest BCUT2D eigenvalue weighted by atomic mass is 10.2. The fourth-order valence-electron chi connectivity index (χ4n) is 2.40. The molecule has 0 radical (unpaired) electrons. The number of nitrogens with zero attached hydrogens (tertiary/aromatic N) is 3. The quantitative estimate of drug-likeness (QED) is 0.815. The molecule has 1 N–H and O–H groups in total. The van der Waals surface area contributed by atoms with Gasteiger partial charge in [-0.15, -0.1) is 0 Å². The maximum atomic E-state index is 12.2. The molecule has 0 unspecified atom stereocenters. The lowest BCUT2D eigenvalue weighted by Crippen LogP contribution is -2.39. The average Bonchev–Trinajstić information content (AvgIpc) is 3.34. The Morgan fingerprint density at radius 1 is 1.29 bits per heavy atom. The number of carbonyl (C=O) groups is 1. The molecule has 1 saturated carbocycles. The highest BCUT2D eigenvalue weighted by atomic mass is 35.5. The van der Waals surface area contributed by atoms with E-state index in [4.69, 9.17) is 16.3 Å². The van der Waals surface area contributed by atoms with Gasteiger partial charge in [-0.1, -0.05) is 23.7 Å². The second kappa shape index (κ2) is 6.65. The molecule has 0 spiro atoms. The summed E-state index contributed by atoms with van der Waals surface area (Å²) in [6.07, 6.45) is 2.95. The lowest BCUT2D eigenvalue weighted by molar-refractivity contribution is -0.138. The number of ether oxygens (including phenoxy) is 1. The van der Waals surface area contributed by atoms with E-state index in [0.29, 0.717) is 23.3 Å².